The van der Waals surface area contributed by atoms with Gasteiger partial charge >= 0.3 is 0 Å². The van der Waals surface area contributed by atoms with Crippen molar-refractivity contribution >= 4 is 0 Å². The maximum Gasteiger partial charge on any atom is 0.0707 e. The van der Waals surface area contributed by atoms with E-state index in [9.17, 15) is 0 Å². The Morgan fingerprint density at radius 1 is 0.543 bits per heavy atom. The van der Waals surface area contributed by atoms with Crippen LogP contribution in [0.3, 0.4) is 0 Å². The Labute approximate surface area is 218 Å². The number of likely N-dealkylation sites (tertiary alicyclic amines) is 1. The fourth-order valence-electron chi connectivity index (χ4n) is 3.40. The van der Waals surface area contributed by atoms with E-state index in [1.807, 2.05) is 20.8 Å². The highest BCUT2D eigenvalue weighted by Gasteiger charge is 2.14. The molecule has 2 rings (SSSR count). The molecule has 0 aromatic heterocycles. The van der Waals surface area contributed by atoms with Crippen molar-refractivity contribution in [2.45, 2.75) is 98.4 Å². The van der Waals surface area contributed by atoms with Crippen molar-refractivity contribution in [2.75, 3.05) is 86.0 Å². The smallest absolute Gasteiger partial charge is 0.0707 e. The molecule has 0 amide bonds. The molecule has 0 N–H and O–H groups in total. The molecule has 2 aliphatic rings. The van der Waals surface area contributed by atoms with E-state index in [4.69, 9.17) is 23.7 Å². The molecule has 0 saturated carbocycles. The van der Waals surface area contributed by atoms with Crippen molar-refractivity contribution in [2.24, 2.45) is 0 Å². The molecule has 0 aliphatic carbocycles. The summed E-state index contributed by atoms with van der Waals surface area (Å²) in [5.41, 5.74) is -0.0133. The quantitative estimate of drug-likeness (QED) is 0.415. The van der Waals surface area contributed by atoms with Crippen molar-refractivity contribution < 1.29 is 23.7 Å². The molecule has 2 saturated heterocycles. The van der Waals surface area contributed by atoms with Gasteiger partial charge in [0, 0.05) is 33.3 Å². The van der Waals surface area contributed by atoms with Crippen molar-refractivity contribution in [3.63, 3.8) is 0 Å². The molecule has 0 atom stereocenters. The zero-order chi connectivity index (χ0) is 26.8. The van der Waals surface area contributed by atoms with Gasteiger partial charge in [-0.3, -0.25) is 4.90 Å². The highest BCUT2D eigenvalue weighted by Crippen LogP contribution is 2.10. The lowest BCUT2D eigenvalue weighted by molar-refractivity contribution is -0.0284. The van der Waals surface area contributed by atoms with Crippen LogP contribution in [0, 0.1) is 0 Å². The van der Waals surface area contributed by atoms with Crippen LogP contribution in [0.2, 0.25) is 0 Å². The lowest BCUT2D eigenvalue weighted by Gasteiger charge is -2.28. The summed E-state index contributed by atoms with van der Waals surface area (Å²) in [5, 5.41) is 0. The summed E-state index contributed by atoms with van der Waals surface area (Å²) in [6.45, 7) is 30.3. The number of hydrogen-bond donors (Lipinski definition) is 0. The molecule has 2 heterocycles. The van der Waals surface area contributed by atoms with Crippen LogP contribution in [0.15, 0.2) is 0 Å². The molecule has 0 aromatic carbocycles. The number of nitrogens with zero attached hydrogens (tertiary/aromatic N) is 2. The van der Waals surface area contributed by atoms with E-state index in [0.717, 1.165) is 52.6 Å². The monoisotopic (exact) mass is 504 g/mol. The second-order valence-corrected chi connectivity index (χ2v) is 12.2. The first kappa shape index (κ1) is 34.7. The van der Waals surface area contributed by atoms with Gasteiger partial charge in [-0.05, 0) is 88.2 Å². The van der Waals surface area contributed by atoms with Gasteiger partial charge in [-0.2, -0.15) is 0 Å². The van der Waals surface area contributed by atoms with Crippen LogP contribution >= 0.6 is 0 Å². The fraction of sp³-hybridized carbons (Fsp3) is 1.00. The van der Waals surface area contributed by atoms with Gasteiger partial charge in [-0.15, -0.1) is 0 Å². The normalized spacial score (nSPS) is 18.3. The van der Waals surface area contributed by atoms with Crippen LogP contribution in [0.1, 0.15) is 81.6 Å². The molecule has 0 radical (unpaired) electrons. The minimum atomic E-state index is -0.0292. The summed E-state index contributed by atoms with van der Waals surface area (Å²) < 4.78 is 26.8. The van der Waals surface area contributed by atoms with E-state index in [1.54, 1.807) is 7.11 Å². The third kappa shape index (κ3) is 26.6. The lowest BCUT2D eigenvalue weighted by Crippen LogP contribution is -2.39. The average molecular weight is 505 g/mol. The summed E-state index contributed by atoms with van der Waals surface area (Å²) in [5.74, 6) is 0. The van der Waals surface area contributed by atoms with Gasteiger partial charge in [0.2, 0.25) is 0 Å². The molecular formula is C28H60N2O5. The molecule has 0 spiro atoms. The van der Waals surface area contributed by atoms with Crippen molar-refractivity contribution in [3.8, 4) is 0 Å². The molecule has 7 heteroatoms. The van der Waals surface area contributed by atoms with Gasteiger partial charge in [0.1, 0.15) is 0 Å². The summed E-state index contributed by atoms with van der Waals surface area (Å²) in [7, 11) is 1.67. The Hall–Kier alpha value is -0.280. The summed E-state index contributed by atoms with van der Waals surface area (Å²) in [6.07, 6.45) is 4.15. The zero-order valence-electron chi connectivity index (χ0n) is 25.0. The van der Waals surface area contributed by atoms with Gasteiger partial charge < -0.3 is 28.6 Å². The molecular weight excluding hydrogens is 444 g/mol. The molecule has 212 valence electrons. The molecule has 2 aliphatic heterocycles. The topological polar surface area (TPSA) is 52.6 Å². The summed E-state index contributed by atoms with van der Waals surface area (Å²) in [6, 6.07) is 0. The third-order valence-electron chi connectivity index (χ3n) is 5.26. The second-order valence-electron chi connectivity index (χ2n) is 12.2. The van der Waals surface area contributed by atoms with Crippen LogP contribution in [0.25, 0.3) is 0 Å². The Balaban J connectivity index is 0.000000506. The molecule has 7 nitrogen and oxygen atoms in total. The Morgan fingerprint density at radius 2 is 0.943 bits per heavy atom. The van der Waals surface area contributed by atoms with Crippen LogP contribution in [-0.4, -0.2) is 113 Å². The number of ether oxygens (including phenoxy) is 5. The van der Waals surface area contributed by atoms with Gasteiger partial charge in [0.25, 0.3) is 0 Å². The predicted molar refractivity (Wildman–Crippen MR) is 147 cm³/mol. The van der Waals surface area contributed by atoms with E-state index < -0.39 is 0 Å². The van der Waals surface area contributed by atoms with Crippen LogP contribution in [-0.2, 0) is 23.7 Å². The molecule has 0 bridgehead atoms. The largest absolute Gasteiger partial charge is 0.382 e. The Bertz CT molecular complexity index is 437. The van der Waals surface area contributed by atoms with E-state index in [-0.39, 0.29) is 16.8 Å². The van der Waals surface area contributed by atoms with E-state index >= 15 is 0 Å². The molecule has 0 aromatic rings. The van der Waals surface area contributed by atoms with Gasteiger partial charge in [0.05, 0.1) is 56.4 Å². The first-order valence-corrected chi connectivity index (χ1v) is 13.7. The van der Waals surface area contributed by atoms with E-state index in [2.05, 4.69) is 51.3 Å². The Kier molecular flexibility index (Phi) is 18.7. The zero-order valence-corrected chi connectivity index (χ0v) is 25.0. The minimum Gasteiger partial charge on any atom is -0.382 e. The van der Waals surface area contributed by atoms with Crippen molar-refractivity contribution in [3.05, 3.63) is 0 Å². The number of morpholine rings is 1. The number of rotatable bonds is 9. The summed E-state index contributed by atoms with van der Waals surface area (Å²) >= 11 is 0. The minimum absolute atomic E-state index is 0.00765. The standard InChI is InChI=1S/C11H23NO.C10H21NO2.C7H16O2/c1-11(2,3)13-10-9-12-7-5-4-6-8-12;1-10(2,3)13-9-6-11-4-7-12-8-5-11;1-7(2,3)9-6-5-8-4/h4-10H2,1-3H3;4-9H2,1-3H3;5-6H2,1-4H3. The van der Waals surface area contributed by atoms with Crippen molar-refractivity contribution in [1.82, 2.24) is 9.80 Å². The third-order valence-corrected chi connectivity index (χ3v) is 5.26. The molecule has 35 heavy (non-hydrogen) atoms. The number of hydrogen-bond acceptors (Lipinski definition) is 7. The fourth-order valence-corrected chi connectivity index (χ4v) is 3.40. The predicted octanol–water partition coefficient (Wildman–Crippen LogP) is 4.87. The Morgan fingerprint density at radius 3 is 1.34 bits per heavy atom. The second kappa shape index (κ2) is 18.9. The SMILES string of the molecule is CC(C)(C)OCCN1CCCCC1.CC(C)(C)OCCN1CCOCC1.COCCOC(C)(C)C. The average Bonchev–Trinajstić information content (AvgIpc) is 2.74. The number of methoxy groups -OCH3 is 1. The van der Waals surface area contributed by atoms with Gasteiger partial charge in [0.15, 0.2) is 0 Å². The summed E-state index contributed by atoms with van der Waals surface area (Å²) in [4.78, 5) is 4.89. The van der Waals surface area contributed by atoms with Gasteiger partial charge in [-0.1, -0.05) is 6.42 Å². The number of piperidine rings is 1. The highest BCUT2D eigenvalue weighted by atomic mass is 16.5. The maximum absolute atomic E-state index is 5.69. The van der Waals surface area contributed by atoms with Crippen LogP contribution < -0.4 is 0 Å². The van der Waals surface area contributed by atoms with Crippen LogP contribution in [0.4, 0.5) is 0 Å². The van der Waals surface area contributed by atoms with E-state index in [1.165, 1.54) is 32.4 Å². The van der Waals surface area contributed by atoms with Crippen LogP contribution in [0.5, 0.6) is 0 Å². The van der Waals surface area contributed by atoms with Gasteiger partial charge in [-0.25, -0.2) is 0 Å². The van der Waals surface area contributed by atoms with Crippen molar-refractivity contribution in [1.29, 1.82) is 0 Å². The molecule has 2 fully saturated rings. The highest BCUT2D eigenvalue weighted by molar-refractivity contribution is 4.66. The molecule has 0 unspecified atom stereocenters. The lowest BCUT2D eigenvalue weighted by atomic mass is 10.1. The van der Waals surface area contributed by atoms with E-state index in [0.29, 0.717) is 13.2 Å². The first-order chi connectivity index (χ1) is 16.2. The maximum atomic E-state index is 5.69. The first-order valence-electron chi connectivity index (χ1n) is 13.7.